The molecule has 19 heavy (non-hydrogen) atoms. The maximum atomic E-state index is 12.1. The molecule has 0 fully saturated rings. The van der Waals surface area contributed by atoms with Gasteiger partial charge in [0.1, 0.15) is 24.3 Å². The minimum absolute atomic E-state index is 0.0162. The largest absolute Gasteiger partial charge is 0.492 e. The van der Waals surface area contributed by atoms with Gasteiger partial charge < -0.3 is 14.6 Å². The van der Waals surface area contributed by atoms with Crippen LogP contribution >= 0.6 is 0 Å². The van der Waals surface area contributed by atoms with Crippen LogP contribution in [0.2, 0.25) is 0 Å². The van der Waals surface area contributed by atoms with Crippen LogP contribution in [0, 0.1) is 5.92 Å². The fourth-order valence-electron chi connectivity index (χ4n) is 2.15. The van der Waals surface area contributed by atoms with Crippen molar-refractivity contribution in [2.24, 2.45) is 5.92 Å². The lowest BCUT2D eigenvalue weighted by Crippen LogP contribution is -2.37. The standard InChI is InChI=1S/C14H14N2O3/c17-14(15-8-12-5-6-19-16-12)11-7-10-3-1-2-4-13(10)18-9-11/h1-6,11H,7-9H2,(H,15,17)/t11-/m1/s1. The molecule has 1 amide bonds. The molecule has 1 aliphatic heterocycles. The van der Waals surface area contributed by atoms with E-state index in [1.807, 2.05) is 24.3 Å². The second-order valence-electron chi connectivity index (χ2n) is 4.53. The summed E-state index contributed by atoms with van der Waals surface area (Å²) in [4.78, 5) is 12.1. The van der Waals surface area contributed by atoms with Gasteiger partial charge in [0.2, 0.25) is 5.91 Å². The number of nitrogens with zero attached hydrogens (tertiary/aromatic N) is 1. The predicted molar refractivity (Wildman–Crippen MR) is 67.5 cm³/mol. The first kappa shape index (κ1) is 11.8. The minimum atomic E-state index is -0.151. The summed E-state index contributed by atoms with van der Waals surface area (Å²) < 4.78 is 10.3. The third-order valence-electron chi connectivity index (χ3n) is 3.18. The van der Waals surface area contributed by atoms with Crippen molar-refractivity contribution < 1.29 is 14.1 Å². The van der Waals surface area contributed by atoms with Gasteiger partial charge in [-0.2, -0.15) is 0 Å². The van der Waals surface area contributed by atoms with Crippen molar-refractivity contribution in [3.05, 3.63) is 47.9 Å². The van der Waals surface area contributed by atoms with Crippen molar-refractivity contribution in [1.82, 2.24) is 10.5 Å². The average Bonchev–Trinajstić information content (AvgIpc) is 2.97. The van der Waals surface area contributed by atoms with Gasteiger partial charge in [-0.1, -0.05) is 23.4 Å². The van der Waals surface area contributed by atoms with E-state index in [1.165, 1.54) is 6.26 Å². The summed E-state index contributed by atoms with van der Waals surface area (Å²) in [7, 11) is 0. The molecule has 1 aromatic heterocycles. The summed E-state index contributed by atoms with van der Waals surface area (Å²) >= 11 is 0. The SMILES string of the molecule is O=C(NCc1ccon1)[C@H]1COc2ccccc2C1. The molecule has 1 aromatic carbocycles. The maximum Gasteiger partial charge on any atom is 0.227 e. The Morgan fingerprint density at radius 1 is 1.37 bits per heavy atom. The van der Waals surface area contributed by atoms with E-state index in [9.17, 15) is 4.79 Å². The zero-order valence-electron chi connectivity index (χ0n) is 10.3. The van der Waals surface area contributed by atoms with E-state index in [0.29, 0.717) is 25.3 Å². The quantitative estimate of drug-likeness (QED) is 0.907. The van der Waals surface area contributed by atoms with Crippen molar-refractivity contribution in [2.45, 2.75) is 13.0 Å². The van der Waals surface area contributed by atoms with Gasteiger partial charge in [0.25, 0.3) is 0 Å². The summed E-state index contributed by atoms with van der Waals surface area (Å²) in [5.41, 5.74) is 1.79. The Bertz CT molecular complexity index is 566. The highest BCUT2D eigenvalue weighted by atomic mass is 16.5. The molecule has 0 aliphatic carbocycles. The van der Waals surface area contributed by atoms with Crippen LogP contribution in [-0.2, 0) is 17.8 Å². The fraction of sp³-hybridized carbons (Fsp3) is 0.286. The number of hydrogen-bond donors (Lipinski definition) is 1. The molecule has 0 bridgehead atoms. The van der Waals surface area contributed by atoms with Crippen molar-refractivity contribution >= 4 is 5.91 Å². The summed E-state index contributed by atoms with van der Waals surface area (Å²) in [5, 5.41) is 6.59. The smallest absolute Gasteiger partial charge is 0.227 e. The second-order valence-corrected chi connectivity index (χ2v) is 4.53. The molecule has 1 aliphatic rings. The van der Waals surface area contributed by atoms with E-state index in [2.05, 4.69) is 10.5 Å². The molecular weight excluding hydrogens is 244 g/mol. The van der Waals surface area contributed by atoms with Crippen LogP contribution in [0.15, 0.2) is 41.1 Å². The van der Waals surface area contributed by atoms with Crippen molar-refractivity contribution in [1.29, 1.82) is 0 Å². The van der Waals surface area contributed by atoms with Crippen LogP contribution in [0.25, 0.3) is 0 Å². The van der Waals surface area contributed by atoms with Crippen molar-refractivity contribution in [2.75, 3.05) is 6.61 Å². The average molecular weight is 258 g/mol. The molecule has 0 spiro atoms. The van der Waals surface area contributed by atoms with Gasteiger partial charge in [-0.25, -0.2) is 0 Å². The summed E-state index contributed by atoms with van der Waals surface area (Å²) in [6.45, 7) is 0.801. The Labute approximate surface area is 110 Å². The number of carbonyl (C=O) groups is 1. The highest BCUT2D eigenvalue weighted by Gasteiger charge is 2.25. The van der Waals surface area contributed by atoms with Crippen LogP contribution in [-0.4, -0.2) is 17.7 Å². The lowest BCUT2D eigenvalue weighted by molar-refractivity contribution is -0.126. The van der Waals surface area contributed by atoms with Crippen LogP contribution in [0.1, 0.15) is 11.3 Å². The van der Waals surface area contributed by atoms with Crippen molar-refractivity contribution in [3.63, 3.8) is 0 Å². The predicted octanol–water partition coefficient (Wildman–Crippen LogP) is 1.54. The number of rotatable bonds is 3. The number of nitrogens with one attached hydrogen (secondary N) is 1. The lowest BCUT2D eigenvalue weighted by Gasteiger charge is -2.24. The first-order valence-electron chi connectivity index (χ1n) is 6.20. The fourth-order valence-corrected chi connectivity index (χ4v) is 2.15. The molecule has 0 saturated heterocycles. The molecule has 2 heterocycles. The topological polar surface area (TPSA) is 64.4 Å². The van der Waals surface area contributed by atoms with Gasteiger partial charge in [0, 0.05) is 6.07 Å². The number of fused-ring (bicyclic) bond motifs is 1. The number of aromatic nitrogens is 1. The number of benzene rings is 1. The molecule has 0 radical (unpaired) electrons. The van der Waals surface area contributed by atoms with Gasteiger partial charge >= 0.3 is 0 Å². The molecule has 1 N–H and O–H groups in total. The Morgan fingerprint density at radius 2 is 2.26 bits per heavy atom. The van der Waals surface area contributed by atoms with E-state index in [1.54, 1.807) is 6.07 Å². The van der Waals surface area contributed by atoms with Crippen molar-refractivity contribution in [3.8, 4) is 5.75 Å². The minimum Gasteiger partial charge on any atom is -0.492 e. The molecule has 98 valence electrons. The van der Waals surface area contributed by atoms with Crippen LogP contribution in [0.4, 0.5) is 0 Å². The zero-order valence-corrected chi connectivity index (χ0v) is 10.3. The van der Waals surface area contributed by atoms with E-state index in [4.69, 9.17) is 9.26 Å². The first-order chi connectivity index (χ1) is 9.33. The van der Waals surface area contributed by atoms with Crippen LogP contribution in [0.5, 0.6) is 5.75 Å². The normalized spacial score (nSPS) is 17.4. The summed E-state index contributed by atoms with van der Waals surface area (Å²) in [6.07, 6.45) is 2.20. The van der Waals surface area contributed by atoms with Gasteiger partial charge in [-0.15, -0.1) is 0 Å². The van der Waals surface area contributed by atoms with Crippen LogP contribution in [0.3, 0.4) is 0 Å². The Balaban J connectivity index is 1.60. The zero-order chi connectivity index (χ0) is 13.1. The van der Waals surface area contributed by atoms with E-state index in [-0.39, 0.29) is 11.8 Å². The monoisotopic (exact) mass is 258 g/mol. The van der Waals surface area contributed by atoms with E-state index < -0.39 is 0 Å². The lowest BCUT2D eigenvalue weighted by atomic mass is 9.96. The maximum absolute atomic E-state index is 12.1. The molecule has 5 nitrogen and oxygen atoms in total. The summed E-state index contributed by atoms with van der Waals surface area (Å²) in [6, 6.07) is 9.54. The Kier molecular flexibility index (Phi) is 3.18. The van der Waals surface area contributed by atoms with Crippen LogP contribution < -0.4 is 10.1 Å². The second kappa shape index (κ2) is 5.14. The highest BCUT2D eigenvalue weighted by Crippen LogP contribution is 2.26. The molecular formula is C14H14N2O3. The number of amides is 1. The summed E-state index contributed by atoms with van der Waals surface area (Å²) in [5.74, 6) is 0.711. The number of hydrogen-bond acceptors (Lipinski definition) is 4. The molecule has 5 heteroatoms. The molecule has 2 aromatic rings. The Morgan fingerprint density at radius 3 is 3.11 bits per heavy atom. The van der Waals surface area contributed by atoms with Gasteiger partial charge in [0.15, 0.2) is 0 Å². The Hall–Kier alpha value is -2.30. The molecule has 0 saturated carbocycles. The third-order valence-corrected chi connectivity index (χ3v) is 3.18. The van der Waals surface area contributed by atoms with Gasteiger partial charge in [0.05, 0.1) is 12.5 Å². The molecule has 3 rings (SSSR count). The highest BCUT2D eigenvalue weighted by molar-refractivity contribution is 5.79. The molecule has 0 unspecified atom stereocenters. The van der Waals surface area contributed by atoms with Gasteiger partial charge in [-0.05, 0) is 18.1 Å². The first-order valence-corrected chi connectivity index (χ1v) is 6.20. The number of para-hydroxylation sites is 1. The number of carbonyl (C=O) groups excluding carboxylic acids is 1. The van der Waals surface area contributed by atoms with Gasteiger partial charge in [-0.3, -0.25) is 4.79 Å². The van der Waals surface area contributed by atoms with E-state index >= 15 is 0 Å². The third kappa shape index (κ3) is 2.59. The van der Waals surface area contributed by atoms with E-state index in [0.717, 1.165) is 11.3 Å². The molecule has 1 atom stereocenters. The number of ether oxygens (including phenoxy) is 1.